The third-order valence-corrected chi connectivity index (χ3v) is 5.52. The van der Waals surface area contributed by atoms with E-state index in [-0.39, 0.29) is 11.5 Å². The van der Waals surface area contributed by atoms with Crippen molar-refractivity contribution >= 4 is 17.8 Å². The normalized spacial score (nSPS) is 21.2. The zero-order chi connectivity index (χ0) is 20.8. The zero-order valence-electron chi connectivity index (χ0n) is 15.7. The number of carbonyl (C=O) groups excluding carboxylic acids is 3. The zero-order valence-corrected chi connectivity index (χ0v) is 15.7. The molecule has 2 aliphatic rings. The minimum Gasteiger partial charge on any atom is -0.336 e. The Hall–Kier alpha value is -3.29. The van der Waals surface area contributed by atoms with E-state index in [1.165, 1.54) is 12.5 Å². The minimum absolute atomic E-state index is 0.280. The van der Waals surface area contributed by atoms with Crippen LogP contribution >= 0.6 is 0 Å². The molecule has 6 nitrogen and oxygen atoms in total. The number of halogens is 2. The van der Waals surface area contributed by atoms with Crippen molar-refractivity contribution in [3.05, 3.63) is 70.8 Å². The van der Waals surface area contributed by atoms with Crippen LogP contribution in [-0.2, 0) is 28.1 Å². The molecule has 0 bridgehead atoms. The molecule has 1 saturated heterocycles. The van der Waals surface area contributed by atoms with Crippen LogP contribution in [0.1, 0.15) is 23.6 Å². The van der Waals surface area contributed by atoms with Gasteiger partial charge in [-0.05, 0) is 42.7 Å². The highest BCUT2D eigenvalue weighted by Gasteiger charge is 2.51. The van der Waals surface area contributed by atoms with E-state index < -0.39 is 35.7 Å². The molecule has 1 N–H and O–H groups in total. The Morgan fingerprint density at radius 2 is 1.86 bits per heavy atom. The number of rotatable bonds is 3. The highest BCUT2D eigenvalue weighted by atomic mass is 19.1. The van der Waals surface area contributed by atoms with Crippen LogP contribution in [0.3, 0.4) is 0 Å². The van der Waals surface area contributed by atoms with E-state index in [0.717, 1.165) is 28.7 Å². The molecule has 29 heavy (non-hydrogen) atoms. The molecule has 2 aromatic rings. The summed E-state index contributed by atoms with van der Waals surface area (Å²) in [7, 11) is 0. The highest BCUT2D eigenvalue weighted by Crippen LogP contribution is 2.31. The van der Waals surface area contributed by atoms with E-state index in [1.807, 2.05) is 24.3 Å². The Balaban J connectivity index is 1.53. The van der Waals surface area contributed by atoms with Gasteiger partial charge < -0.3 is 10.2 Å². The molecule has 0 unspecified atom stereocenters. The molecule has 0 saturated carbocycles. The van der Waals surface area contributed by atoms with Crippen LogP contribution in [0.5, 0.6) is 0 Å². The predicted octanol–water partition coefficient (Wildman–Crippen LogP) is 2.32. The Morgan fingerprint density at radius 1 is 1.14 bits per heavy atom. The first-order valence-corrected chi connectivity index (χ1v) is 9.24. The van der Waals surface area contributed by atoms with E-state index in [2.05, 4.69) is 5.32 Å². The summed E-state index contributed by atoms with van der Waals surface area (Å²) in [6.45, 7) is 1.72. The molecule has 1 fully saturated rings. The van der Waals surface area contributed by atoms with Gasteiger partial charge in [0.05, 0.1) is 0 Å². The van der Waals surface area contributed by atoms with Crippen molar-refractivity contribution in [3.63, 3.8) is 0 Å². The monoisotopic (exact) mass is 399 g/mol. The summed E-state index contributed by atoms with van der Waals surface area (Å²) in [6, 6.07) is 9.67. The van der Waals surface area contributed by atoms with E-state index >= 15 is 0 Å². The largest absolute Gasteiger partial charge is 0.336 e. The van der Waals surface area contributed by atoms with Gasteiger partial charge in [-0.25, -0.2) is 13.6 Å². The van der Waals surface area contributed by atoms with E-state index in [9.17, 15) is 23.2 Å². The fourth-order valence-corrected chi connectivity index (χ4v) is 3.85. The van der Waals surface area contributed by atoms with Gasteiger partial charge in [-0.3, -0.25) is 14.5 Å². The SMILES string of the molecule is C[C@]1(c2cc(F)ccc2F)NC(=O)N(CC(=O)N2CCc3ccccc3C2)C1=O. The lowest BCUT2D eigenvalue weighted by Crippen LogP contribution is -2.46. The van der Waals surface area contributed by atoms with E-state index in [4.69, 9.17) is 0 Å². The third kappa shape index (κ3) is 3.24. The molecule has 4 rings (SSSR count). The summed E-state index contributed by atoms with van der Waals surface area (Å²) in [6.07, 6.45) is 0.689. The number of fused-ring (bicyclic) bond motifs is 1. The number of nitrogens with zero attached hydrogens (tertiary/aromatic N) is 2. The predicted molar refractivity (Wildman–Crippen MR) is 99.5 cm³/mol. The lowest BCUT2D eigenvalue weighted by Gasteiger charge is -2.30. The maximum absolute atomic E-state index is 14.2. The second-order valence-corrected chi connectivity index (χ2v) is 7.40. The number of amides is 4. The Bertz CT molecular complexity index is 1030. The molecule has 1 atom stereocenters. The quantitative estimate of drug-likeness (QED) is 0.806. The fraction of sp³-hybridized carbons (Fsp3) is 0.286. The van der Waals surface area contributed by atoms with Gasteiger partial charge in [0.15, 0.2) is 0 Å². The molecular formula is C21H19F2N3O3. The van der Waals surface area contributed by atoms with Gasteiger partial charge in [0, 0.05) is 18.7 Å². The molecule has 2 aromatic carbocycles. The number of urea groups is 1. The number of carbonyl (C=O) groups is 3. The average molecular weight is 399 g/mol. The van der Waals surface area contributed by atoms with Gasteiger partial charge in [0.1, 0.15) is 23.7 Å². The van der Waals surface area contributed by atoms with Crippen LogP contribution in [0.25, 0.3) is 0 Å². The maximum Gasteiger partial charge on any atom is 0.325 e. The summed E-state index contributed by atoms with van der Waals surface area (Å²) in [5.41, 5.74) is 0.132. The van der Waals surface area contributed by atoms with Crippen LogP contribution < -0.4 is 5.32 Å². The molecule has 0 aliphatic carbocycles. The first-order valence-electron chi connectivity index (χ1n) is 9.24. The van der Waals surface area contributed by atoms with Crippen LogP contribution in [0, 0.1) is 11.6 Å². The van der Waals surface area contributed by atoms with E-state index in [1.54, 1.807) is 4.90 Å². The number of hydrogen-bond acceptors (Lipinski definition) is 3. The lowest BCUT2D eigenvalue weighted by atomic mass is 9.91. The number of hydrogen-bond donors (Lipinski definition) is 1. The summed E-state index contributed by atoms with van der Waals surface area (Å²) in [5.74, 6) is -2.72. The van der Waals surface area contributed by atoms with Crippen LogP contribution in [0.15, 0.2) is 42.5 Å². The van der Waals surface area contributed by atoms with Crippen LogP contribution in [0.4, 0.5) is 13.6 Å². The third-order valence-electron chi connectivity index (χ3n) is 5.52. The average Bonchev–Trinajstić information content (AvgIpc) is 2.93. The van der Waals surface area contributed by atoms with Crippen molar-refractivity contribution in [1.29, 1.82) is 0 Å². The lowest BCUT2D eigenvalue weighted by molar-refractivity contribution is -0.139. The van der Waals surface area contributed by atoms with Gasteiger partial charge in [-0.2, -0.15) is 0 Å². The highest BCUT2D eigenvalue weighted by molar-refractivity contribution is 6.09. The number of imide groups is 1. The Labute approximate surface area is 166 Å². The number of nitrogens with one attached hydrogen (secondary N) is 1. The van der Waals surface area contributed by atoms with Crippen molar-refractivity contribution < 1.29 is 23.2 Å². The van der Waals surface area contributed by atoms with Crippen LogP contribution in [0.2, 0.25) is 0 Å². The molecule has 2 aliphatic heterocycles. The molecule has 0 spiro atoms. The van der Waals surface area contributed by atoms with Gasteiger partial charge >= 0.3 is 6.03 Å². The van der Waals surface area contributed by atoms with Gasteiger partial charge in [-0.1, -0.05) is 24.3 Å². The molecule has 2 heterocycles. The molecule has 0 radical (unpaired) electrons. The smallest absolute Gasteiger partial charge is 0.325 e. The number of benzene rings is 2. The van der Waals surface area contributed by atoms with Crippen molar-refractivity contribution in [2.75, 3.05) is 13.1 Å². The molecule has 4 amide bonds. The molecule has 8 heteroatoms. The maximum atomic E-state index is 14.2. The molecular weight excluding hydrogens is 380 g/mol. The van der Waals surface area contributed by atoms with Gasteiger partial charge in [0.2, 0.25) is 5.91 Å². The summed E-state index contributed by atoms with van der Waals surface area (Å²) >= 11 is 0. The summed E-state index contributed by atoms with van der Waals surface area (Å²) in [5, 5.41) is 2.40. The summed E-state index contributed by atoms with van der Waals surface area (Å²) in [4.78, 5) is 40.4. The minimum atomic E-state index is -1.78. The van der Waals surface area contributed by atoms with E-state index in [0.29, 0.717) is 19.5 Å². The van der Waals surface area contributed by atoms with Gasteiger partial charge in [0.25, 0.3) is 5.91 Å². The molecule has 0 aromatic heterocycles. The van der Waals surface area contributed by atoms with Crippen molar-refractivity contribution in [1.82, 2.24) is 15.1 Å². The van der Waals surface area contributed by atoms with Crippen LogP contribution in [-0.4, -0.2) is 40.7 Å². The summed E-state index contributed by atoms with van der Waals surface area (Å²) < 4.78 is 27.8. The van der Waals surface area contributed by atoms with Gasteiger partial charge in [-0.15, -0.1) is 0 Å². The van der Waals surface area contributed by atoms with Crippen molar-refractivity contribution in [2.24, 2.45) is 0 Å². The fourth-order valence-electron chi connectivity index (χ4n) is 3.85. The standard InChI is InChI=1S/C21H19F2N3O3/c1-21(16-10-15(22)6-7-17(16)23)19(28)26(20(29)24-21)12-18(27)25-9-8-13-4-2-3-5-14(13)11-25/h2-7,10H,8-9,11-12H2,1H3,(H,24,29)/t21-/m1/s1. The second kappa shape index (κ2) is 6.95. The second-order valence-electron chi connectivity index (χ2n) is 7.40. The van der Waals surface area contributed by atoms with Crippen molar-refractivity contribution in [2.45, 2.75) is 25.4 Å². The Kier molecular flexibility index (Phi) is 4.56. The first kappa shape index (κ1) is 19.0. The Morgan fingerprint density at radius 3 is 2.62 bits per heavy atom. The molecule has 150 valence electrons. The first-order chi connectivity index (χ1) is 13.8. The van der Waals surface area contributed by atoms with Crippen molar-refractivity contribution in [3.8, 4) is 0 Å². The topological polar surface area (TPSA) is 69.7 Å².